The molecule has 2 aliphatic rings. The number of fused-ring (bicyclic) bond motifs is 1. The molecule has 4 rings (SSSR count). The molecule has 0 aliphatic carbocycles. The normalized spacial score (nSPS) is 16.0. The molecule has 2 heterocycles. The van der Waals surface area contributed by atoms with Crippen molar-refractivity contribution in [1.82, 2.24) is 9.80 Å². The molecule has 170 valence electrons. The first kappa shape index (κ1) is 22.4. The molecule has 0 radical (unpaired) electrons. The number of aryl methyl sites for hydroxylation is 1. The summed E-state index contributed by atoms with van der Waals surface area (Å²) in [5, 5.41) is 0.393. The highest BCUT2D eigenvalue weighted by Gasteiger charge is 2.23. The second kappa shape index (κ2) is 10.2. The Balaban J connectivity index is 1.21. The van der Waals surface area contributed by atoms with Crippen LogP contribution in [0.2, 0.25) is 5.02 Å². The highest BCUT2D eigenvalue weighted by Crippen LogP contribution is 2.38. The number of ether oxygens (including phenoxy) is 3. The third kappa shape index (κ3) is 5.72. The van der Waals surface area contributed by atoms with Crippen LogP contribution in [0.5, 0.6) is 11.5 Å². The van der Waals surface area contributed by atoms with E-state index in [2.05, 4.69) is 36.1 Å². The molecule has 1 amide bonds. The molecule has 1 fully saturated rings. The van der Waals surface area contributed by atoms with Crippen molar-refractivity contribution in [3.8, 4) is 11.5 Å². The van der Waals surface area contributed by atoms with Gasteiger partial charge >= 0.3 is 5.97 Å². The monoisotopic (exact) mass is 458 g/mol. The molecule has 0 spiro atoms. The number of benzene rings is 2. The Morgan fingerprint density at radius 2 is 1.81 bits per heavy atom. The Kier molecular flexibility index (Phi) is 7.17. The highest BCUT2D eigenvalue weighted by atomic mass is 35.5. The van der Waals surface area contributed by atoms with E-state index in [1.165, 1.54) is 11.1 Å². The average Bonchev–Trinajstić information content (AvgIpc) is 2.78. The summed E-state index contributed by atoms with van der Waals surface area (Å²) < 4.78 is 16.2. The Hall–Kier alpha value is -2.77. The zero-order valence-corrected chi connectivity index (χ0v) is 18.9. The van der Waals surface area contributed by atoms with Crippen molar-refractivity contribution >= 4 is 23.5 Å². The topological polar surface area (TPSA) is 68.3 Å². The first-order valence-corrected chi connectivity index (χ1v) is 11.1. The summed E-state index contributed by atoms with van der Waals surface area (Å²) in [6, 6.07) is 11.8. The standard InChI is InChI=1S/C24H27ClN2O5/c1-17-3-2-4-18(11-17)15-26-5-7-27(8-6-26)22(28)16-32-23(29)14-19-12-20(25)24-21(13-19)30-9-10-31-24/h2-4,11-13H,5-10,14-16H2,1H3. The zero-order valence-electron chi connectivity index (χ0n) is 18.1. The number of nitrogens with zero attached hydrogens (tertiary/aromatic N) is 2. The smallest absolute Gasteiger partial charge is 0.310 e. The van der Waals surface area contributed by atoms with Crippen LogP contribution in [0.3, 0.4) is 0 Å². The van der Waals surface area contributed by atoms with E-state index in [1.807, 2.05) is 0 Å². The van der Waals surface area contributed by atoms with Gasteiger partial charge < -0.3 is 19.1 Å². The Morgan fingerprint density at radius 3 is 2.59 bits per heavy atom. The van der Waals surface area contributed by atoms with Crippen LogP contribution in [0.4, 0.5) is 0 Å². The van der Waals surface area contributed by atoms with Crippen LogP contribution in [0, 0.1) is 6.92 Å². The van der Waals surface area contributed by atoms with E-state index in [9.17, 15) is 9.59 Å². The molecule has 0 bridgehead atoms. The number of amides is 1. The molecule has 2 aromatic carbocycles. The fourth-order valence-corrected chi connectivity index (χ4v) is 4.23. The summed E-state index contributed by atoms with van der Waals surface area (Å²) in [6.07, 6.45) is 0.00785. The van der Waals surface area contributed by atoms with E-state index < -0.39 is 5.97 Å². The third-order valence-corrected chi connectivity index (χ3v) is 5.86. The molecule has 2 aliphatic heterocycles. The number of carbonyl (C=O) groups is 2. The number of hydrogen-bond acceptors (Lipinski definition) is 6. The Bertz CT molecular complexity index is 988. The molecule has 0 unspecified atom stereocenters. The SMILES string of the molecule is Cc1cccc(CN2CCN(C(=O)COC(=O)Cc3cc(Cl)c4c(c3)OCCO4)CC2)c1. The second-order valence-corrected chi connectivity index (χ2v) is 8.49. The van der Waals surface area contributed by atoms with Crippen molar-refractivity contribution in [3.05, 3.63) is 58.1 Å². The predicted molar refractivity (Wildman–Crippen MR) is 120 cm³/mol. The molecular weight excluding hydrogens is 432 g/mol. The van der Waals surface area contributed by atoms with Gasteiger partial charge in [0.25, 0.3) is 5.91 Å². The molecule has 0 aromatic heterocycles. The van der Waals surface area contributed by atoms with Gasteiger partial charge in [-0.2, -0.15) is 0 Å². The van der Waals surface area contributed by atoms with Crippen LogP contribution in [0.15, 0.2) is 36.4 Å². The molecule has 0 saturated carbocycles. The van der Waals surface area contributed by atoms with Crippen LogP contribution in [0.25, 0.3) is 0 Å². The summed E-state index contributed by atoms with van der Waals surface area (Å²) in [5.74, 6) is 0.357. The van der Waals surface area contributed by atoms with Crippen molar-refractivity contribution in [1.29, 1.82) is 0 Å². The first-order valence-electron chi connectivity index (χ1n) is 10.8. The van der Waals surface area contributed by atoms with Gasteiger partial charge in [-0.05, 0) is 30.2 Å². The van der Waals surface area contributed by atoms with Gasteiger partial charge in [0.05, 0.1) is 11.4 Å². The van der Waals surface area contributed by atoms with Crippen LogP contribution < -0.4 is 9.47 Å². The quantitative estimate of drug-likeness (QED) is 0.620. The minimum Gasteiger partial charge on any atom is -0.486 e. The van der Waals surface area contributed by atoms with Gasteiger partial charge in [-0.25, -0.2) is 0 Å². The fraction of sp³-hybridized carbons (Fsp3) is 0.417. The number of carbonyl (C=O) groups excluding carboxylic acids is 2. The molecule has 7 nitrogen and oxygen atoms in total. The second-order valence-electron chi connectivity index (χ2n) is 8.09. The van der Waals surface area contributed by atoms with Crippen molar-refractivity contribution in [2.45, 2.75) is 19.9 Å². The molecule has 0 N–H and O–H groups in total. The number of rotatable bonds is 6. The minimum absolute atomic E-state index is 0.00785. The molecule has 8 heteroatoms. The first-order chi connectivity index (χ1) is 15.5. The summed E-state index contributed by atoms with van der Waals surface area (Å²) in [7, 11) is 0. The largest absolute Gasteiger partial charge is 0.486 e. The van der Waals surface area contributed by atoms with Gasteiger partial charge in [0.15, 0.2) is 18.1 Å². The molecule has 2 aromatic rings. The van der Waals surface area contributed by atoms with E-state index in [4.69, 9.17) is 25.8 Å². The molecular formula is C24H27ClN2O5. The Labute approximate surface area is 192 Å². The third-order valence-electron chi connectivity index (χ3n) is 5.58. The van der Waals surface area contributed by atoms with Crippen molar-refractivity contribution < 1.29 is 23.8 Å². The number of piperazine rings is 1. The zero-order chi connectivity index (χ0) is 22.5. The van der Waals surface area contributed by atoms with E-state index in [-0.39, 0.29) is 18.9 Å². The summed E-state index contributed by atoms with van der Waals surface area (Å²) >= 11 is 6.21. The van der Waals surface area contributed by atoms with Gasteiger partial charge in [-0.3, -0.25) is 14.5 Å². The van der Waals surface area contributed by atoms with E-state index in [0.717, 1.165) is 19.6 Å². The summed E-state index contributed by atoms with van der Waals surface area (Å²) in [4.78, 5) is 28.8. The van der Waals surface area contributed by atoms with Gasteiger partial charge in [0, 0.05) is 32.7 Å². The van der Waals surface area contributed by atoms with Crippen LogP contribution in [0.1, 0.15) is 16.7 Å². The number of esters is 1. The van der Waals surface area contributed by atoms with E-state index >= 15 is 0 Å². The van der Waals surface area contributed by atoms with Crippen molar-refractivity contribution in [2.24, 2.45) is 0 Å². The molecule has 32 heavy (non-hydrogen) atoms. The average molecular weight is 459 g/mol. The van der Waals surface area contributed by atoms with Crippen LogP contribution in [-0.4, -0.2) is 67.7 Å². The van der Waals surface area contributed by atoms with Crippen LogP contribution >= 0.6 is 11.6 Å². The van der Waals surface area contributed by atoms with Gasteiger partial charge in [0.1, 0.15) is 13.2 Å². The lowest BCUT2D eigenvalue weighted by atomic mass is 10.1. The molecule has 1 saturated heterocycles. The van der Waals surface area contributed by atoms with E-state index in [0.29, 0.717) is 48.4 Å². The minimum atomic E-state index is -0.482. The predicted octanol–water partition coefficient (Wildman–Crippen LogP) is 2.85. The van der Waals surface area contributed by atoms with Crippen molar-refractivity contribution in [3.63, 3.8) is 0 Å². The summed E-state index contributed by atoms with van der Waals surface area (Å²) in [6.45, 7) is 6.42. The maximum absolute atomic E-state index is 12.5. The van der Waals surface area contributed by atoms with Gasteiger partial charge in [0.2, 0.25) is 0 Å². The fourth-order valence-electron chi connectivity index (χ4n) is 3.94. The lowest BCUT2D eigenvalue weighted by Crippen LogP contribution is -2.49. The lowest BCUT2D eigenvalue weighted by Gasteiger charge is -2.34. The van der Waals surface area contributed by atoms with Gasteiger partial charge in [-0.1, -0.05) is 41.4 Å². The Morgan fingerprint density at radius 1 is 1.03 bits per heavy atom. The van der Waals surface area contributed by atoms with Crippen LogP contribution in [-0.2, 0) is 27.3 Å². The van der Waals surface area contributed by atoms with E-state index in [1.54, 1.807) is 17.0 Å². The highest BCUT2D eigenvalue weighted by molar-refractivity contribution is 6.32. The molecule has 0 atom stereocenters. The lowest BCUT2D eigenvalue weighted by molar-refractivity contribution is -0.152. The number of hydrogen-bond donors (Lipinski definition) is 0. The number of halogens is 1. The maximum Gasteiger partial charge on any atom is 0.310 e. The van der Waals surface area contributed by atoms with Gasteiger partial charge in [-0.15, -0.1) is 0 Å². The maximum atomic E-state index is 12.5. The van der Waals surface area contributed by atoms with Crippen molar-refractivity contribution in [2.75, 3.05) is 46.0 Å². The summed E-state index contributed by atoms with van der Waals surface area (Å²) in [5.41, 5.74) is 3.18.